The molecule has 0 saturated carbocycles. The number of nitrogens with zero attached hydrogens (tertiary/aromatic N) is 1. The van der Waals surface area contributed by atoms with Crippen molar-refractivity contribution in [3.8, 4) is 5.75 Å². The molecule has 18 heavy (non-hydrogen) atoms. The molecule has 7 heteroatoms. The van der Waals surface area contributed by atoms with Gasteiger partial charge in [0.15, 0.2) is 0 Å². The number of rotatable bonds is 6. The normalized spacial score (nSPS) is 12.3. The lowest BCUT2D eigenvalue weighted by molar-refractivity contribution is 0.0816. The van der Waals surface area contributed by atoms with E-state index in [4.69, 9.17) is 9.84 Å². The molecule has 0 fully saturated rings. The number of ether oxygens (including phenoxy) is 1. The van der Waals surface area contributed by atoms with E-state index in [1.54, 1.807) is 6.92 Å². The van der Waals surface area contributed by atoms with Gasteiger partial charge in [-0.05, 0) is 13.0 Å². The van der Waals surface area contributed by atoms with Crippen LogP contribution in [0.25, 0.3) is 0 Å². The Morgan fingerprint density at radius 1 is 1.61 bits per heavy atom. The van der Waals surface area contributed by atoms with Gasteiger partial charge >= 0.3 is 0 Å². The second-order valence-electron chi connectivity index (χ2n) is 3.64. The number of carbonyl (C=O) groups excluding carboxylic acids is 1. The highest BCUT2D eigenvalue weighted by Crippen LogP contribution is 2.12. The lowest BCUT2D eigenvalue weighted by Crippen LogP contribution is -2.35. The lowest BCUT2D eigenvalue weighted by atomic mass is 10.3. The number of hydrogen-bond acceptors (Lipinski definition) is 4. The van der Waals surface area contributed by atoms with E-state index in [1.165, 1.54) is 18.3 Å². The van der Waals surface area contributed by atoms with E-state index < -0.39 is 25.0 Å². The minimum atomic E-state index is -2.58. The zero-order valence-corrected chi connectivity index (χ0v) is 9.77. The molecule has 1 heterocycles. The van der Waals surface area contributed by atoms with E-state index >= 15 is 0 Å². The average Bonchev–Trinajstić information content (AvgIpc) is 2.36. The molecule has 1 rings (SSSR count). The van der Waals surface area contributed by atoms with Gasteiger partial charge < -0.3 is 15.2 Å². The topological polar surface area (TPSA) is 71.5 Å². The van der Waals surface area contributed by atoms with E-state index in [0.29, 0.717) is 0 Å². The largest absolute Gasteiger partial charge is 0.488 e. The molecule has 0 radical (unpaired) electrons. The highest BCUT2D eigenvalue weighted by molar-refractivity contribution is 5.92. The summed E-state index contributed by atoms with van der Waals surface area (Å²) in [5.74, 6) is -0.355. The Morgan fingerprint density at radius 3 is 2.94 bits per heavy atom. The van der Waals surface area contributed by atoms with Crippen LogP contribution in [0.4, 0.5) is 8.78 Å². The van der Waals surface area contributed by atoms with Crippen LogP contribution in [0.5, 0.6) is 5.75 Å². The first-order chi connectivity index (χ1) is 8.52. The van der Waals surface area contributed by atoms with Crippen molar-refractivity contribution < 1.29 is 23.4 Å². The molecule has 0 aromatic carbocycles. The molecule has 2 N–H and O–H groups in total. The van der Waals surface area contributed by atoms with Crippen molar-refractivity contribution in [2.75, 3.05) is 13.2 Å². The second-order valence-corrected chi connectivity index (χ2v) is 3.64. The Balaban J connectivity index is 2.66. The Morgan fingerprint density at radius 2 is 2.33 bits per heavy atom. The van der Waals surface area contributed by atoms with Gasteiger partial charge in [0.2, 0.25) is 0 Å². The van der Waals surface area contributed by atoms with Crippen molar-refractivity contribution in [3.63, 3.8) is 0 Å². The lowest BCUT2D eigenvalue weighted by Gasteiger charge is -2.11. The van der Waals surface area contributed by atoms with Crippen LogP contribution < -0.4 is 10.1 Å². The Labute approximate surface area is 103 Å². The average molecular weight is 260 g/mol. The molecule has 1 aromatic rings. The van der Waals surface area contributed by atoms with E-state index in [-0.39, 0.29) is 18.1 Å². The molecular weight excluding hydrogens is 246 g/mol. The number of halogens is 2. The molecule has 1 aromatic heterocycles. The molecule has 1 unspecified atom stereocenters. The third-order valence-corrected chi connectivity index (χ3v) is 1.99. The number of aromatic nitrogens is 1. The minimum Gasteiger partial charge on any atom is -0.488 e. The number of hydrogen-bond donors (Lipinski definition) is 2. The molecule has 0 bridgehead atoms. The SMILES string of the molecule is CC(CO)NC(=O)c1cc(OCC(F)F)ccn1. The van der Waals surface area contributed by atoms with Crippen LogP contribution in [0.3, 0.4) is 0 Å². The van der Waals surface area contributed by atoms with E-state index in [0.717, 1.165) is 0 Å². The standard InChI is InChI=1S/C11H14F2N2O3/c1-7(5-16)15-11(17)9-4-8(2-3-14-9)18-6-10(12)13/h2-4,7,10,16H,5-6H2,1H3,(H,15,17). The number of aliphatic hydroxyl groups is 1. The number of alkyl halides is 2. The third kappa shape index (κ3) is 4.62. The maximum atomic E-state index is 11.9. The van der Waals surface area contributed by atoms with Crippen molar-refractivity contribution >= 4 is 5.91 Å². The van der Waals surface area contributed by atoms with Gasteiger partial charge in [0.05, 0.1) is 6.61 Å². The maximum Gasteiger partial charge on any atom is 0.272 e. The van der Waals surface area contributed by atoms with Crippen molar-refractivity contribution in [1.82, 2.24) is 10.3 Å². The van der Waals surface area contributed by atoms with Gasteiger partial charge in [-0.2, -0.15) is 0 Å². The predicted octanol–water partition coefficient (Wildman–Crippen LogP) is 0.836. The number of carbonyl (C=O) groups is 1. The van der Waals surface area contributed by atoms with Crippen LogP contribution in [0.2, 0.25) is 0 Å². The highest BCUT2D eigenvalue weighted by Gasteiger charge is 2.12. The van der Waals surface area contributed by atoms with Gasteiger partial charge in [-0.15, -0.1) is 0 Å². The molecule has 1 amide bonds. The molecule has 0 aliphatic heterocycles. The fourth-order valence-corrected chi connectivity index (χ4v) is 1.13. The summed E-state index contributed by atoms with van der Waals surface area (Å²) >= 11 is 0. The molecule has 0 aliphatic rings. The van der Waals surface area contributed by atoms with Crippen LogP contribution >= 0.6 is 0 Å². The van der Waals surface area contributed by atoms with Gasteiger partial charge in [-0.25, -0.2) is 8.78 Å². The first-order valence-electron chi connectivity index (χ1n) is 5.31. The molecule has 100 valence electrons. The number of pyridine rings is 1. The smallest absolute Gasteiger partial charge is 0.272 e. The quantitative estimate of drug-likeness (QED) is 0.795. The van der Waals surface area contributed by atoms with Gasteiger partial charge in [-0.3, -0.25) is 9.78 Å². The Kier molecular flexibility index (Phi) is 5.44. The monoisotopic (exact) mass is 260 g/mol. The Bertz CT molecular complexity index is 402. The second kappa shape index (κ2) is 6.85. The molecule has 1 atom stereocenters. The predicted molar refractivity (Wildman–Crippen MR) is 59.8 cm³/mol. The van der Waals surface area contributed by atoms with Gasteiger partial charge in [-0.1, -0.05) is 0 Å². The molecule has 0 spiro atoms. The summed E-state index contributed by atoms with van der Waals surface area (Å²) in [4.78, 5) is 15.4. The summed E-state index contributed by atoms with van der Waals surface area (Å²) in [6.45, 7) is 0.681. The first kappa shape index (κ1) is 14.3. The van der Waals surface area contributed by atoms with Gasteiger partial charge in [0.1, 0.15) is 18.1 Å². The van der Waals surface area contributed by atoms with Gasteiger partial charge in [0, 0.05) is 18.3 Å². The van der Waals surface area contributed by atoms with Crippen LogP contribution in [0, 0.1) is 0 Å². The number of amides is 1. The van der Waals surface area contributed by atoms with Gasteiger partial charge in [0.25, 0.3) is 12.3 Å². The maximum absolute atomic E-state index is 11.9. The van der Waals surface area contributed by atoms with Crippen LogP contribution in [0.1, 0.15) is 17.4 Å². The minimum absolute atomic E-state index is 0.0436. The molecule has 0 aliphatic carbocycles. The van der Waals surface area contributed by atoms with E-state index in [1.807, 2.05) is 0 Å². The summed E-state index contributed by atoms with van der Waals surface area (Å²) in [5, 5.41) is 11.3. The summed E-state index contributed by atoms with van der Waals surface area (Å²) in [7, 11) is 0. The van der Waals surface area contributed by atoms with Crippen molar-refractivity contribution in [2.45, 2.75) is 19.4 Å². The highest BCUT2D eigenvalue weighted by atomic mass is 19.3. The number of aliphatic hydroxyl groups excluding tert-OH is 1. The fraction of sp³-hybridized carbons (Fsp3) is 0.455. The summed E-state index contributed by atoms with van der Waals surface area (Å²) in [5.41, 5.74) is 0.0436. The van der Waals surface area contributed by atoms with E-state index in [9.17, 15) is 13.6 Å². The summed E-state index contributed by atoms with van der Waals surface area (Å²) < 4.78 is 28.7. The van der Waals surface area contributed by atoms with Crippen LogP contribution in [-0.4, -0.2) is 41.7 Å². The summed E-state index contributed by atoms with van der Waals surface area (Å²) in [6, 6.07) is 2.24. The van der Waals surface area contributed by atoms with Crippen LogP contribution in [-0.2, 0) is 0 Å². The zero-order valence-electron chi connectivity index (χ0n) is 9.77. The third-order valence-electron chi connectivity index (χ3n) is 1.99. The molecule has 0 saturated heterocycles. The zero-order chi connectivity index (χ0) is 13.5. The Hall–Kier alpha value is -1.76. The first-order valence-corrected chi connectivity index (χ1v) is 5.31. The molecule has 5 nitrogen and oxygen atoms in total. The fourth-order valence-electron chi connectivity index (χ4n) is 1.13. The molecular formula is C11H14F2N2O3. The van der Waals surface area contributed by atoms with Crippen molar-refractivity contribution in [3.05, 3.63) is 24.0 Å². The van der Waals surface area contributed by atoms with Crippen molar-refractivity contribution in [2.24, 2.45) is 0 Å². The number of nitrogens with one attached hydrogen (secondary N) is 1. The summed E-state index contributed by atoms with van der Waals surface area (Å²) in [6.07, 6.45) is -1.29. The van der Waals surface area contributed by atoms with Crippen molar-refractivity contribution in [1.29, 1.82) is 0 Å². The van der Waals surface area contributed by atoms with E-state index in [2.05, 4.69) is 10.3 Å². The van der Waals surface area contributed by atoms with Crippen LogP contribution in [0.15, 0.2) is 18.3 Å².